The van der Waals surface area contributed by atoms with E-state index in [1.54, 1.807) is 0 Å². The predicted octanol–water partition coefficient (Wildman–Crippen LogP) is -3.49. The number of carboxylic acids is 1. The van der Waals surface area contributed by atoms with Crippen molar-refractivity contribution in [3.63, 3.8) is 0 Å². The molecular weight excluding hydrogens is 348 g/mol. The third-order valence-corrected chi connectivity index (χ3v) is 1.17. The Balaban J connectivity index is -0.000000167. The van der Waals surface area contributed by atoms with Crippen molar-refractivity contribution in [3.05, 3.63) is 0 Å². The second-order valence-corrected chi connectivity index (χ2v) is 2.88. The van der Waals surface area contributed by atoms with Crippen LogP contribution in [0.25, 0.3) is 0 Å². The first-order valence-electron chi connectivity index (χ1n) is 2.44. The summed E-state index contributed by atoms with van der Waals surface area (Å²) in [6, 6.07) is 0. The molecule has 0 bridgehead atoms. The molecule has 8 N–H and O–H groups in total. The van der Waals surface area contributed by atoms with E-state index in [2.05, 4.69) is 4.52 Å². The number of aliphatic carboxylic acids is 1. The van der Waals surface area contributed by atoms with Gasteiger partial charge in [0.15, 0.2) is 6.10 Å². The van der Waals surface area contributed by atoms with Crippen LogP contribution in [0.5, 0.6) is 0 Å². The third-order valence-electron chi connectivity index (χ3n) is 0.686. The Morgan fingerprint density at radius 2 is 1.71 bits per heavy atom. The molecule has 1 atom stereocenters. The predicted molar refractivity (Wildman–Crippen MR) is 44.6 cm³/mol. The minimum absolute atomic E-state index is 0. The van der Waals surface area contributed by atoms with E-state index >= 15 is 0 Å². The zero-order chi connectivity index (χ0) is 9.07. The molecule has 9 nitrogen and oxygen atoms in total. The summed E-state index contributed by atoms with van der Waals surface area (Å²) in [7, 11) is -4.68. The van der Waals surface area contributed by atoms with Crippen molar-refractivity contribution < 1.29 is 44.8 Å². The average Bonchev–Trinajstić information content (AvgIpc) is 1.80. The van der Waals surface area contributed by atoms with E-state index in [1.807, 2.05) is 0 Å². The molecule has 0 aliphatic heterocycles. The molecule has 0 aromatic carbocycles. The number of carbonyl (C=O) groups is 1. The smallest absolute Gasteiger partial charge is 0.469 e. The van der Waals surface area contributed by atoms with Gasteiger partial charge in [-0.1, -0.05) is 0 Å². The van der Waals surface area contributed by atoms with Gasteiger partial charge in [0, 0.05) is 48.9 Å². The van der Waals surface area contributed by atoms with E-state index in [0.717, 1.165) is 0 Å². The molecule has 0 rings (SSSR count). The number of aliphatic hydroxyl groups is 1. The quantitative estimate of drug-likeness (QED) is 0.296. The van der Waals surface area contributed by atoms with Gasteiger partial charge in [-0.3, -0.25) is 4.52 Å². The molecule has 0 saturated carbocycles. The Labute approximate surface area is 119 Å². The molecule has 11 heteroatoms. The first kappa shape index (κ1) is 24.3. The molecule has 2 radical (unpaired) electrons. The summed E-state index contributed by atoms with van der Waals surface area (Å²) in [5, 5.41) is 16.4. The maximum atomic E-state index is 9.93. The number of phosphoric acid groups is 1. The number of hydrogen-bond donors (Lipinski definition) is 4. The molecule has 0 aromatic rings. The molecule has 0 saturated heterocycles. The number of carboxylic acid groups (broad SMARTS) is 1. The monoisotopic (exact) mass is 360 g/mol. The Morgan fingerprint density at radius 3 is 1.93 bits per heavy atom. The third kappa shape index (κ3) is 15.5. The van der Waals surface area contributed by atoms with Crippen LogP contribution in [0.1, 0.15) is 0 Å². The van der Waals surface area contributed by atoms with Crippen LogP contribution in [-0.2, 0) is 13.9 Å². The van der Waals surface area contributed by atoms with Crippen molar-refractivity contribution in [2.24, 2.45) is 0 Å². The molecular formula is C3H11BaO9P. The zero-order valence-electron chi connectivity index (χ0n) is 6.95. The van der Waals surface area contributed by atoms with Crippen LogP contribution in [0, 0.1) is 0 Å². The maximum Gasteiger partial charge on any atom is 0.469 e. The summed E-state index contributed by atoms with van der Waals surface area (Å²) in [5.74, 6) is -1.60. The Morgan fingerprint density at radius 1 is 1.36 bits per heavy atom. The Hall–Kier alpha value is 1.03. The second kappa shape index (κ2) is 10.5. The van der Waals surface area contributed by atoms with E-state index in [-0.39, 0.29) is 59.8 Å². The van der Waals surface area contributed by atoms with Gasteiger partial charge in [0.05, 0.1) is 6.61 Å². The normalized spacial score (nSPS) is 11.4. The average molecular weight is 359 g/mol. The summed E-state index contributed by atoms with van der Waals surface area (Å²) < 4.78 is 13.6. The van der Waals surface area contributed by atoms with Crippen molar-refractivity contribution in [2.45, 2.75) is 6.10 Å². The van der Waals surface area contributed by atoms with E-state index in [9.17, 15) is 9.36 Å². The zero-order valence-corrected chi connectivity index (χ0v) is 12.3. The van der Waals surface area contributed by atoms with Crippen molar-refractivity contribution in [2.75, 3.05) is 6.61 Å². The van der Waals surface area contributed by atoms with Crippen molar-refractivity contribution in [1.29, 1.82) is 0 Å². The van der Waals surface area contributed by atoms with E-state index < -0.39 is 26.5 Å². The number of hydrogen-bond acceptors (Lipinski definition) is 4. The fraction of sp³-hybridized carbons (Fsp3) is 0.667. The van der Waals surface area contributed by atoms with Gasteiger partial charge in [-0.2, -0.15) is 0 Å². The van der Waals surface area contributed by atoms with Gasteiger partial charge < -0.3 is 31.0 Å². The van der Waals surface area contributed by atoms with Crippen LogP contribution < -0.4 is 0 Å². The second-order valence-electron chi connectivity index (χ2n) is 1.64. The number of phosphoric ester groups is 1. The minimum Gasteiger partial charge on any atom is -0.479 e. The topological polar surface area (TPSA) is 187 Å². The molecule has 84 valence electrons. The molecule has 0 heterocycles. The van der Waals surface area contributed by atoms with Crippen molar-refractivity contribution >= 4 is 62.7 Å². The van der Waals surface area contributed by atoms with Crippen LogP contribution in [0.2, 0.25) is 0 Å². The van der Waals surface area contributed by atoms with Crippen LogP contribution in [0.3, 0.4) is 0 Å². The standard InChI is InChI=1S/C3H7O7P.Ba.2H2O/c4-2(3(5)6)1-10-11(7,8)9;;;/h2,4H,1H2,(H,5,6)(H2,7,8,9);;2*1H2/t2-;;;/m1.../s1. The number of rotatable bonds is 4. The van der Waals surface area contributed by atoms with Gasteiger partial charge in [0.1, 0.15) is 0 Å². The largest absolute Gasteiger partial charge is 0.479 e. The van der Waals surface area contributed by atoms with E-state index in [1.165, 1.54) is 0 Å². The molecule has 0 aliphatic rings. The van der Waals surface area contributed by atoms with Crippen molar-refractivity contribution in [3.8, 4) is 0 Å². The Bertz CT molecular complexity index is 188. The van der Waals surface area contributed by atoms with Crippen LogP contribution in [0.4, 0.5) is 0 Å². The molecule has 0 fully saturated rings. The minimum atomic E-state index is -4.68. The van der Waals surface area contributed by atoms with Crippen LogP contribution >= 0.6 is 7.82 Å². The summed E-state index contributed by atoms with van der Waals surface area (Å²) in [4.78, 5) is 25.9. The summed E-state index contributed by atoms with van der Waals surface area (Å²) >= 11 is 0. The summed E-state index contributed by atoms with van der Waals surface area (Å²) in [6.07, 6.45) is -1.91. The fourth-order valence-electron chi connectivity index (χ4n) is 0.239. The molecule has 0 aromatic heterocycles. The van der Waals surface area contributed by atoms with Crippen LogP contribution in [-0.4, -0.2) is 98.5 Å². The fourth-order valence-corrected chi connectivity index (χ4v) is 0.574. The van der Waals surface area contributed by atoms with Gasteiger partial charge in [0.2, 0.25) is 0 Å². The van der Waals surface area contributed by atoms with E-state index in [0.29, 0.717) is 0 Å². The van der Waals surface area contributed by atoms with E-state index in [4.69, 9.17) is 20.0 Å². The van der Waals surface area contributed by atoms with Gasteiger partial charge >= 0.3 is 13.8 Å². The Kier molecular flexibility index (Phi) is 18.3. The van der Waals surface area contributed by atoms with Crippen LogP contribution in [0.15, 0.2) is 0 Å². The van der Waals surface area contributed by atoms with Crippen molar-refractivity contribution in [1.82, 2.24) is 0 Å². The molecule has 14 heavy (non-hydrogen) atoms. The SMILES string of the molecule is O.O.O=C(O)[C@H](O)COP(=O)(O)O.[Ba]. The maximum absolute atomic E-state index is 9.93. The summed E-state index contributed by atoms with van der Waals surface area (Å²) in [5.41, 5.74) is 0. The molecule has 0 spiro atoms. The molecule has 0 unspecified atom stereocenters. The van der Waals surface area contributed by atoms with Gasteiger partial charge in [-0.05, 0) is 0 Å². The number of aliphatic hydroxyl groups excluding tert-OH is 1. The summed E-state index contributed by atoms with van der Waals surface area (Å²) in [6.45, 7) is -0.931. The molecule has 0 aliphatic carbocycles. The van der Waals surface area contributed by atoms with Gasteiger partial charge in [-0.15, -0.1) is 0 Å². The van der Waals surface area contributed by atoms with Gasteiger partial charge in [0.25, 0.3) is 0 Å². The first-order chi connectivity index (χ1) is 4.83. The van der Waals surface area contributed by atoms with Gasteiger partial charge in [-0.25, -0.2) is 9.36 Å². The molecule has 0 amide bonds. The first-order valence-corrected chi connectivity index (χ1v) is 3.97.